The number of rotatable bonds is 5. The molecular weight excluding hydrogens is 493 g/mol. The predicted octanol–water partition coefficient (Wildman–Crippen LogP) is 5.41. The minimum absolute atomic E-state index is 0.134. The molecule has 3 aliphatic heterocycles. The van der Waals surface area contributed by atoms with Gasteiger partial charge in [-0.3, -0.25) is 9.69 Å². The first kappa shape index (κ1) is 25.8. The van der Waals surface area contributed by atoms with Crippen LogP contribution >= 0.6 is 23.2 Å². The van der Waals surface area contributed by atoms with Crippen molar-refractivity contribution < 1.29 is 9.90 Å². The van der Waals surface area contributed by atoms with Crippen molar-refractivity contribution in [2.75, 3.05) is 44.2 Å². The standard InChI is InChI=1S/C29H37Cl2N3O2/c1-19-14-22(23-16-34(17-23)28-26(30)4-3-5-27(28)31)15-20(2)25(19)18-32-10-6-21(7-11-32)29(36)33-12-8-24(35)9-13-33/h3-5,14-15,21,23-24,35H,6-13,16-18H2,1-2H3. The van der Waals surface area contributed by atoms with Gasteiger partial charge in [-0.15, -0.1) is 0 Å². The van der Waals surface area contributed by atoms with E-state index in [2.05, 4.69) is 35.8 Å². The first-order valence-electron chi connectivity index (χ1n) is 13.3. The molecule has 0 spiro atoms. The molecule has 36 heavy (non-hydrogen) atoms. The van der Waals surface area contributed by atoms with Crippen LogP contribution in [-0.2, 0) is 11.3 Å². The average Bonchev–Trinajstić information content (AvgIpc) is 2.83. The Kier molecular flexibility index (Phi) is 7.83. The van der Waals surface area contributed by atoms with Crippen LogP contribution in [0.25, 0.3) is 0 Å². The molecule has 0 atom stereocenters. The quantitative estimate of drug-likeness (QED) is 0.562. The van der Waals surface area contributed by atoms with Crippen molar-refractivity contribution in [3.8, 4) is 0 Å². The normalized spacial score (nSPS) is 20.6. The molecule has 0 unspecified atom stereocenters. The minimum Gasteiger partial charge on any atom is -0.393 e. The number of likely N-dealkylation sites (tertiary alicyclic amines) is 2. The van der Waals surface area contributed by atoms with Crippen molar-refractivity contribution in [1.29, 1.82) is 0 Å². The van der Waals surface area contributed by atoms with E-state index in [1.54, 1.807) is 0 Å². The number of benzene rings is 2. The van der Waals surface area contributed by atoms with Gasteiger partial charge in [0, 0.05) is 44.6 Å². The van der Waals surface area contributed by atoms with Gasteiger partial charge in [-0.05, 0) is 87.0 Å². The first-order chi connectivity index (χ1) is 17.3. The van der Waals surface area contributed by atoms with Crippen molar-refractivity contribution in [3.63, 3.8) is 0 Å². The van der Waals surface area contributed by atoms with E-state index in [4.69, 9.17) is 23.2 Å². The maximum atomic E-state index is 12.9. The summed E-state index contributed by atoms with van der Waals surface area (Å²) in [5.41, 5.74) is 6.46. The van der Waals surface area contributed by atoms with E-state index in [0.29, 0.717) is 47.8 Å². The highest BCUT2D eigenvalue weighted by Crippen LogP contribution is 2.40. The van der Waals surface area contributed by atoms with Gasteiger partial charge in [0.15, 0.2) is 0 Å². The van der Waals surface area contributed by atoms with Crippen molar-refractivity contribution in [2.45, 2.75) is 58.1 Å². The number of aliphatic hydroxyl groups excluding tert-OH is 1. The van der Waals surface area contributed by atoms with E-state index < -0.39 is 0 Å². The maximum Gasteiger partial charge on any atom is 0.225 e. The van der Waals surface area contributed by atoms with Gasteiger partial charge < -0.3 is 14.9 Å². The summed E-state index contributed by atoms with van der Waals surface area (Å²) in [4.78, 5) is 19.7. The molecular formula is C29H37Cl2N3O2. The largest absolute Gasteiger partial charge is 0.393 e. The maximum absolute atomic E-state index is 12.9. The van der Waals surface area contributed by atoms with E-state index in [1.807, 2.05) is 23.1 Å². The Morgan fingerprint density at radius 2 is 1.53 bits per heavy atom. The summed E-state index contributed by atoms with van der Waals surface area (Å²) < 4.78 is 0. The lowest BCUT2D eigenvalue weighted by molar-refractivity contribution is -0.139. The lowest BCUT2D eigenvalue weighted by Crippen LogP contribution is -2.46. The highest BCUT2D eigenvalue weighted by atomic mass is 35.5. The van der Waals surface area contributed by atoms with Crippen LogP contribution in [0.3, 0.4) is 0 Å². The number of aliphatic hydroxyl groups is 1. The Hall–Kier alpha value is -1.79. The molecule has 2 aromatic carbocycles. The van der Waals surface area contributed by atoms with Gasteiger partial charge in [-0.25, -0.2) is 0 Å². The molecule has 3 saturated heterocycles. The molecule has 194 valence electrons. The summed E-state index contributed by atoms with van der Waals surface area (Å²) in [7, 11) is 0. The lowest BCUT2D eigenvalue weighted by atomic mass is 9.86. The zero-order valence-corrected chi connectivity index (χ0v) is 22.9. The molecule has 0 radical (unpaired) electrons. The van der Waals surface area contributed by atoms with E-state index in [-0.39, 0.29) is 12.0 Å². The number of anilines is 1. The van der Waals surface area contributed by atoms with Crippen LogP contribution in [0.15, 0.2) is 30.3 Å². The van der Waals surface area contributed by atoms with Gasteiger partial charge in [0.25, 0.3) is 0 Å². The predicted molar refractivity (Wildman–Crippen MR) is 147 cm³/mol. The third-order valence-corrected chi connectivity index (χ3v) is 9.03. The Labute approximate surface area is 225 Å². The highest BCUT2D eigenvalue weighted by Gasteiger charge is 2.33. The van der Waals surface area contributed by atoms with Crippen molar-refractivity contribution in [3.05, 3.63) is 62.6 Å². The van der Waals surface area contributed by atoms with Gasteiger partial charge in [0.2, 0.25) is 5.91 Å². The Morgan fingerprint density at radius 3 is 2.11 bits per heavy atom. The molecule has 3 fully saturated rings. The van der Waals surface area contributed by atoms with Crippen LogP contribution < -0.4 is 4.90 Å². The van der Waals surface area contributed by atoms with Crippen molar-refractivity contribution in [2.24, 2.45) is 5.92 Å². The molecule has 0 saturated carbocycles. The second kappa shape index (κ2) is 10.9. The van der Waals surface area contributed by atoms with Crippen LogP contribution in [0, 0.1) is 19.8 Å². The van der Waals surface area contributed by atoms with Crippen LogP contribution in [0.2, 0.25) is 10.0 Å². The van der Waals surface area contributed by atoms with Crippen LogP contribution in [0.1, 0.15) is 53.9 Å². The molecule has 5 nitrogen and oxygen atoms in total. The van der Waals surface area contributed by atoms with Crippen LogP contribution in [0.5, 0.6) is 0 Å². The van der Waals surface area contributed by atoms with Gasteiger partial charge >= 0.3 is 0 Å². The lowest BCUT2D eigenvalue weighted by Gasteiger charge is -2.42. The Balaban J connectivity index is 1.16. The van der Waals surface area contributed by atoms with Crippen molar-refractivity contribution in [1.82, 2.24) is 9.80 Å². The molecule has 0 aliphatic carbocycles. The SMILES string of the molecule is Cc1cc(C2CN(c3c(Cl)cccc3Cl)C2)cc(C)c1CN1CCC(C(=O)N2CCC(O)CC2)CC1. The van der Waals surface area contributed by atoms with Crippen LogP contribution in [-0.4, -0.2) is 66.2 Å². The number of piperidine rings is 2. The fraction of sp³-hybridized carbons (Fsp3) is 0.552. The fourth-order valence-electron chi connectivity index (χ4n) is 6.08. The summed E-state index contributed by atoms with van der Waals surface area (Å²) in [6.07, 6.45) is 3.04. The summed E-state index contributed by atoms with van der Waals surface area (Å²) in [6, 6.07) is 10.4. The number of hydrogen-bond donors (Lipinski definition) is 1. The Morgan fingerprint density at radius 1 is 0.944 bits per heavy atom. The van der Waals surface area contributed by atoms with E-state index in [9.17, 15) is 9.90 Å². The zero-order chi connectivity index (χ0) is 25.4. The highest BCUT2D eigenvalue weighted by molar-refractivity contribution is 6.39. The molecule has 0 bridgehead atoms. The third kappa shape index (κ3) is 5.40. The number of halogens is 2. The molecule has 1 N–H and O–H groups in total. The smallest absolute Gasteiger partial charge is 0.225 e. The molecule has 5 rings (SSSR count). The number of carbonyl (C=O) groups is 1. The van der Waals surface area contributed by atoms with Crippen molar-refractivity contribution >= 4 is 34.8 Å². The van der Waals surface area contributed by atoms with E-state index in [1.165, 1.54) is 22.3 Å². The fourth-order valence-corrected chi connectivity index (χ4v) is 6.72. The van der Waals surface area contributed by atoms with Gasteiger partial charge in [0.05, 0.1) is 21.8 Å². The Bertz CT molecular complexity index is 1060. The average molecular weight is 531 g/mol. The number of para-hydroxylation sites is 1. The molecule has 3 aliphatic rings. The molecule has 7 heteroatoms. The second-order valence-corrected chi connectivity index (χ2v) is 11.7. The minimum atomic E-state index is -0.238. The molecule has 2 aromatic rings. The second-order valence-electron chi connectivity index (χ2n) is 10.9. The number of aryl methyl sites for hydroxylation is 2. The van der Waals surface area contributed by atoms with E-state index in [0.717, 1.165) is 51.3 Å². The summed E-state index contributed by atoms with van der Waals surface area (Å²) >= 11 is 12.8. The van der Waals surface area contributed by atoms with Gasteiger partial charge in [-0.1, -0.05) is 41.4 Å². The number of nitrogens with zero attached hydrogens (tertiary/aromatic N) is 3. The number of amides is 1. The van der Waals surface area contributed by atoms with Crippen LogP contribution in [0.4, 0.5) is 5.69 Å². The molecule has 1 amide bonds. The number of carbonyl (C=O) groups excluding carboxylic acids is 1. The summed E-state index contributed by atoms with van der Waals surface area (Å²) in [5, 5.41) is 11.1. The van der Waals surface area contributed by atoms with Gasteiger partial charge in [0.1, 0.15) is 0 Å². The summed E-state index contributed by atoms with van der Waals surface area (Å²) in [6.45, 7) is 10.6. The first-order valence-corrected chi connectivity index (χ1v) is 14.0. The summed E-state index contributed by atoms with van der Waals surface area (Å²) in [5.74, 6) is 0.918. The monoisotopic (exact) mass is 529 g/mol. The molecule has 0 aromatic heterocycles. The number of hydrogen-bond acceptors (Lipinski definition) is 4. The van der Waals surface area contributed by atoms with E-state index >= 15 is 0 Å². The topological polar surface area (TPSA) is 47.0 Å². The molecule has 3 heterocycles. The van der Waals surface area contributed by atoms with Gasteiger partial charge in [-0.2, -0.15) is 0 Å². The third-order valence-electron chi connectivity index (χ3n) is 8.42. The zero-order valence-electron chi connectivity index (χ0n) is 21.4.